The first-order valence-electron chi connectivity index (χ1n) is 4.77. The van der Waals surface area contributed by atoms with Crippen molar-refractivity contribution in [1.29, 1.82) is 0 Å². The van der Waals surface area contributed by atoms with E-state index in [0.717, 1.165) is 11.1 Å². The van der Waals surface area contributed by atoms with Crippen LogP contribution in [0.2, 0.25) is 0 Å². The third-order valence-corrected chi connectivity index (χ3v) is 3.61. The van der Waals surface area contributed by atoms with Crippen LogP contribution in [-0.2, 0) is 16.1 Å². The van der Waals surface area contributed by atoms with Gasteiger partial charge in [0.25, 0.3) is 5.85 Å². The Morgan fingerprint density at radius 2 is 1.73 bits per heavy atom. The summed E-state index contributed by atoms with van der Waals surface area (Å²) in [4.78, 5) is 0. The first-order valence-corrected chi connectivity index (χ1v) is 8.47. The molecule has 0 amide bonds. The standard InChI is InChI=1S/C11H15Cl2OP/c1-11(2,3)10-7-5-4-6-9(10)8-15(12,13)14/h4-7H,8H2,1-3H3. The van der Waals surface area contributed by atoms with Crippen LogP contribution in [0.5, 0.6) is 0 Å². The topological polar surface area (TPSA) is 17.1 Å². The summed E-state index contributed by atoms with van der Waals surface area (Å²) in [6, 6.07) is 7.84. The molecule has 1 aromatic rings. The number of benzene rings is 1. The molecule has 0 unspecified atom stereocenters. The van der Waals surface area contributed by atoms with Gasteiger partial charge < -0.3 is 0 Å². The molecule has 0 saturated carbocycles. The van der Waals surface area contributed by atoms with Crippen LogP contribution in [0, 0.1) is 0 Å². The number of halogens is 2. The Hall–Kier alpha value is 0.0300. The Bertz CT molecular complexity index is 390. The lowest BCUT2D eigenvalue weighted by Crippen LogP contribution is -2.13. The van der Waals surface area contributed by atoms with Crippen molar-refractivity contribution in [2.45, 2.75) is 32.3 Å². The van der Waals surface area contributed by atoms with Crippen molar-refractivity contribution in [3.05, 3.63) is 35.4 Å². The minimum Gasteiger partial charge on any atom is -0.289 e. The maximum atomic E-state index is 11.4. The van der Waals surface area contributed by atoms with E-state index in [-0.39, 0.29) is 11.6 Å². The van der Waals surface area contributed by atoms with E-state index in [9.17, 15) is 4.57 Å². The summed E-state index contributed by atoms with van der Waals surface area (Å²) in [6.45, 7) is 6.33. The highest BCUT2D eigenvalue weighted by Crippen LogP contribution is 2.59. The Kier molecular flexibility index (Phi) is 3.92. The van der Waals surface area contributed by atoms with Gasteiger partial charge >= 0.3 is 0 Å². The molecule has 0 fully saturated rings. The molecule has 0 saturated heterocycles. The molecule has 0 spiro atoms. The zero-order valence-electron chi connectivity index (χ0n) is 9.13. The molecule has 0 aromatic heterocycles. The molecule has 0 bridgehead atoms. The fourth-order valence-corrected chi connectivity index (χ4v) is 3.03. The van der Waals surface area contributed by atoms with E-state index in [1.54, 1.807) is 0 Å². The Morgan fingerprint density at radius 1 is 1.20 bits per heavy atom. The lowest BCUT2D eigenvalue weighted by Gasteiger charge is -2.22. The summed E-state index contributed by atoms with van der Waals surface area (Å²) in [5.41, 5.74) is 2.13. The van der Waals surface area contributed by atoms with Crippen LogP contribution in [0.4, 0.5) is 0 Å². The molecular weight excluding hydrogens is 250 g/mol. The van der Waals surface area contributed by atoms with E-state index in [1.165, 1.54) is 0 Å². The summed E-state index contributed by atoms with van der Waals surface area (Å²) < 4.78 is 11.4. The van der Waals surface area contributed by atoms with Gasteiger partial charge in [0, 0.05) is 0 Å². The third kappa shape index (κ3) is 4.18. The molecule has 0 atom stereocenters. The number of rotatable bonds is 2. The minimum absolute atomic E-state index is 0.0134. The zero-order valence-corrected chi connectivity index (χ0v) is 11.5. The SMILES string of the molecule is CC(C)(C)c1ccccc1CP(=O)(Cl)Cl. The highest BCUT2D eigenvalue weighted by molar-refractivity contribution is 8.08. The summed E-state index contributed by atoms with van der Waals surface area (Å²) in [5, 5.41) is 0. The quantitative estimate of drug-likeness (QED) is 0.675. The summed E-state index contributed by atoms with van der Waals surface area (Å²) in [6.07, 6.45) is 0.240. The van der Waals surface area contributed by atoms with Crippen LogP contribution in [0.3, 0.4) is 0 Å². The van der Waals surface area contributed by atoms with Crippen LogP contribution in [0.1, 0.15) is 31.9 Å². The highest BCUT2D eigenvalue weighted by Gasteiger charge is 2.22. The lowest BCUT2D eigenvalue weighted by molar-refractivity contribution is 0.581. The van der Waals surface area contributed by atoms with E-state index >= 15 is 0 Å². The van der Waals surface area contributed by atoms with E-state index in [4.69, 9.17) is 22.5 Å². The molecule has 0 heterocycles. The predicted molar refractivity (Wildman–Crippen MR) is 68.2 cm³/mol. The van der Waals surface area contributed by atoms with Gasteiger partial charge in [0.05, 0.1) is 6.16 Å². The Labute approximate surface area is 101 Å². The maximum Gasteiger partial charge on any atom is 0.257 e. The molecule has 84 valence electrons. The van der Waals surface area contributed by atoms with Gasteiger partial charge in [-0.3, -0.25) is 4.57 Å². The van der Waals surface area contributed by atoms with Crippen molar-refractivity contribution in [2.24, 2.45) is 0 Å². The normalized spacial score (nSPS) is 12.9. The number of hydrogen-bond donors (Lipinski definition) is 0. The van der Waals surface area contributed by atoms with Crippen LogP contribution in [-0.4, -0.2) is 0 Å². The Morgan fingerprint density at radius 3 is 2.20 bits per heavy atom. The first kappa shape index (κ1) is 13.1. The summed E-state index contributed by atoms with van der Waals surface area (Å²) in [5.74, 6) is -3.04. The molecule has 0 aliphatic rings. The van der Waals surface area contributed by atoms with Crippen LogP contribution < -0.4 is 0 Å². The zero-order chi connectivity index (χ0) is 11.7. The molecule has 4 heteroatoms. The third-order valence-electron chi connectivity index (χ3n) is 2.18. The second-order valence-corrected chi connectivity index (χ2v) is 9.89. The average molecular weight is 265 g/mol. The maximum absolute atomic E-state index is 11.4. The largest absolute Gasteiger partial charge is 0.289 e. The van der Waals surface area contributed by atoms with E-state index < -0.39 is 5.85 Å². The van der Waals surface area contributed by atoms with Crippen molar-refractivity contribution in [3.8, 4) is 0 Å². The van der Waals surface area contributed by atoms with Crippen LogP contribution in [0.15, 0.2) is 24.3 Å². The van der Waals surface area contributed by atoms with Crippen molar-refractivity contribution in [3.63, 3.8) is 0 Å². The van der Waals surface area contributed by atoms with Gasteiger partial charge in [-0.1, -0.05) is 45.0 Å². The summed E-state index contributed by atoms with van der Waals surface area (Å²) >= 11 is 11.2. The van der Waals surface area contributed by atoms with Gasteiger partial charge in [-0.2, -0.15) is 0 Å². The minimum atomic E-state index is -3.04. The molecule has 0 N–H and O–H groups in total. The van der Waals surface area contributed by atoms with Crippen molar-refractivity contribution >= 4 is 28.3 Å². The van der Waals surface area contributed by atoms with Gasteiger partial charge in [0.1, 0.15) is 0 Å². The molecule has 0 radical (unpaired) electrons. The average Bonchev–Trinajstić information content (AvgIpc) is 1.99. The molecule has 1 aromatic carbocycles. The fourth-order valence-electron chi connectivity index (χ4n) is 1.59. The lowest BCUT2D eigenvalue weighted by atomic mass is 9.84. The van der Waals surface area contributed by atoms with E-state index in [1.807, 2.05) is 24.3 Å². The van der Waals surface area contributed by atoms with Crippen LogP contribution in [0.25, 0.3) is 0 Å². The summed E-state index contributed by atoms with van der Waals surface area (Å²) in [7, 11) is 0. The second kappa shape index (κ2) is 4.49. The molecule has 1 rings (SSSR count). The number of hydrogen-bond acceptors (Lipinski definition) is 1. The van der Waals surface area contributed by atoms with Crippen molar-refractivity contribution in [2.75, 3.05) is 0 Å². The molecule has 15 heavy (non-hydrogen) atoms. The molecule has 0 aliphatic carbocycles. The predicted octanol–water partition coefficient (Wildman–Crippen LogP) is 5.15. The van der Waals surface area contributed by atoms with Gasteiger partial charge in [-0.05, 0) is 39.0 Å². The van der Waals surface area contributed by atoms with E-state index in [2.05, 4.69) is 20.8 Å². The van der Waals surface area contributed by atoms with Gasteiger partial charge in [-0.25, -0.2) is 0 Å². The smallest absolute Gasteiger partial charge is 0.257 e. The van der Waals surface area contributed by atoms with Gasteiger partial charge in [-0.15, -0.1) is 0 Å². The fraction of sp³-hybridized carbons (Fsp3) is 0.455. The van der Waals surface area contributed by atoms with E-state index in [0.29, 0.717) is 0 Å². The van der Waals surface area contributed by atoms with Gasteiger partial charge in [0.2, 0.25) is 0 Å². The van der Waals surface area contributed by atoms with Gasteiger partial charge in [0.15, 0.2) is 0 Å². The van der Waals surface area contributed by atoms with Crippen molar-refractivity contribution in [1.82, 2.24) is 0 Å². The monoisotopic (exact) mass is 264 g/mol. The van der Waals surface area contributed by atoms with Crippen LogP contribution >= 0.6 is 28.3 Å². The molecular formula is C11H15Cl2OP. The molecule has 1 nitrogen and oxygen atoms in total. The highest BCUT2D eigenvalue weighted by atomic mass is 35.9. The second-order valence-electron chi connectivity index (χ2n) is 4.64. The van der Waals surface area contributed by atoms with Crippen molar-refractivity contribution < 1.29 is 4.57 Å². The first-order chi connectivity index (χ1) is 6.70. The Balaban J connectivity index is 3.14. The molecule has 0 aliphatic heterocycles.